The van der Waals surface area contributed by atoms with E-state index in [9.17, 15) is 4.79 Å². The molecule has 0 aliphatic carbocycles. The number of benzene rings is 1. The number of amides is 1. The molecule has 22 heavy (non-hydrogen) atoms. The van der Waals surface area contributed by atoms with E-state index in [1.54, 1.807) is 0 Å². The van der Waals surface area contributed by atoms with Gasteiger partial charge in [-0.2, -0.15) is 0 Å². The van der Waals surface area contributed by atoms with E-state index in [4.69, 9.17) is 4.74 Å². The molecule has 0 radical (unpaired) electrons. The average molecular weight is 302 g/mol. The smallest absolute Gasteiger partial charge is 0.230 e. The Morgan fingerprint density at radius 2 is 1.91 bits per heavy atom. The maximum absolute atomic E-state index is 12.7. The number of rotatable bonds is 5. The van der Waals surface area contributed by atoms with Crippen molar-refractivity contribution in [1.82, 2.24) is 9.80 Å². The number of likely N-dealkylation sites (N-methyl/N-ethyl adjacent to an activating group) is 1. The summed E-state index contributed by atoms with van der Waals surface area (Å²) in [4.78, 5) is 17.2. The summed E-state index contributed by atoms with van der Waals surface area (Å²) in [6.45, 7) is 8.59. The second kappa shape index (κ2) is 7.25. The molecular formula is C18H26N2O2. The average Bonchev–Trinajstić information content (AvgIpc) is 2.90. The number of carbonyl (C=O) groups is 1. The van der Waals surface area contributed by atoms with Gasteiger partial charge >= 0.3 is 0 Å². The van der Waals surface area contributed by atoms with Crippen molar-refractivity contribution in [1.29, 1.82) is 0 Å². The number of hydrogen-bond acceptors (Lipinski definition) is 3. The van der Waals surface area contributed by atoms with Crippen LogP contribution in [0.5, 0.6) is 0 Å². The second-order valence-corrected chi connectivity index (χ2v) is 6.27. The van der Waals surface area contributed by atoms with Gasteiger partial charge in [0.05, 0.1) is 19.1 Å². The summed E-state index contributed by atoms with van der Waals surface area (Å²) < 4.78 is 5.41. The zero-order valence-corrected chi connectivity index (χ0v) is 13.4. The lowest BCUT2D eigenvalue weighted by Gasteiger charge is -2.28. The molecule has 2 heterocycles. The monoisotopic (exact) mass is 302 g/mol. The predicted octanol–water partition coefficient (Wildman–Crippen LogP) is 1.97. The fraction of sp³-hybridized carbons (Fsp3) is 0.611. The summed E-state index contributed by atoms with van der Waals surface area (Å²) in [5.74, 6) is 0.778. The van der Waals surface area contributed by atoms with Gasteiger partial charge in [0.25, 0.3) is 0 Å². The largest absolute Gasteiger partial charge is 0.379 e. The number of nitrogens with zero attached hydrogens (tertiary/aromatic N) is 2. The van der Waals surface area contributed by atoms with E-state index >= 15 is 0 Å². The molecule has 1 aromatic carbocycles. The van der Waals surface area contributed by atoms with Gasteiger partial charge in [-0.25, -0.2) is 0 Å². The van der Waals surface area contributed by atoms with Gasteiger partial charge in [-0.1, -0.05) is 30.3 Å². The van der Waals surface area contributed by atoms with Crippen LogP contribution in [0.3, 0.4) is 0 Å². The van der Waals surface area contributed by atoms with Crippen molar-refractivity contribution < 1.29 is 9.53 Å². The van der Waals surface area contributed by atoms with E-state index in [2.05, 4.69) is 24.0 Å². The molecule has 4 heteroatoms. The first-order valence-corrected chi connectivity index (χ1v) is 8.43. The maximum atomic E-state index is 12.7. The summed E-state index contributed by atoms with van der Waals surface area (Å²) in [6.07, 6.45) is 1.09. The molecule has 0 spiro atoms. The number of carbonyl (C=O) groups excluding carboxylic acids is 1. The van der Waals surface area contributed by atoms with Crippen LogP contribution in [-0.2, 0) is 9.53 Å². The minimum absolute atomic E-state index is 0.0437. The molecule has 0 saturated carbocycles. The van der Waals surface area contributed by atoms with E-state index in [0.717, 1.165) is 52.4 Å². The van der Waals surface area contributed by atoms with Gasteiger partial charge in [-0.05, 0) is 31.4 Å². The fourth-order valence-corrected chi connectivity index (χ4v) is 3.67. The topological polar surface area (TPSA) is 32.8 Å². The van der Waals surface area contributed by atoms with Crippen molar-refractivity contribution in [3.05, 3.63) is 35.9 Å². The van der Waals surface area contributed by atoms with Gasteiger partial charge < -0.3 is 9.64 Å². The number of hydrogen-bond donors (Lipinski definition) is 0. The van der Waals surface area contributed by atoms with Crippen LogP contribution >= 0.6 is 0 Å². The molecule has 0 unspecified atom stereocenters. The van der Waals surface area contributed by atoms with Crippen LogP contribution in [0.2, 0.25) is 0 Å². The van der Waals surface area contributed by atoms with Gasteiger partial charge in [0.2, 0.25) is 5.91 Å². The van der Waals surface area contributed by atoms with Crippen LogP contribution in [0.4, 0.5) is 0 Å². The van der Waals surface area contributed by atoms with Crippen LogP contribution < -0.4 is 0 Å². The number of likely N-dealkylation sites (tertiary alicyclic amines) is 1. The van der Waals surface area contributed by atoms with Crippen LogP contribution in [0.25, 0.3) is 0 Å². The van der Waals surface area contributed by atoms with Crippen molar-refractivity contribution >= 4 is 5.91 Å². The van der Waals surface area contributed by atoms with Crippen LogP contribution in [0.1, 0.15) is 24.8 Å². The highest BCUT2D eigenvalue weighted by molar-refractivity contribution is 5.86. The Bertz CT molecular complexity index is 485. The van der Waals surface area contributed by atoms with Crippen LogP contribution in [-0.4, -0.2) is 61.6 Å². The van der Waals surface area contributed by atoms with Crippen molar-refractivity contribution in [3.63, 3.8) is 0 Å². The molecule has 0 aromatic heterocycles. The van der Waals surface area contributed by atoms with E-state index < -0.39 is 0 Å². The number of morpholine rings is 1. The quantitative estimate of drug-likeness (QED) is 0.834. The fourth-order valence-electron chi connectivity index (χ4n) is 3.67. The summed E-state index contributed by atoms with van der Waals surface area (Å²) >= 11 is 0. The lowest BCUT2D eigenvalue weighted by atomic mass is 9.86. The third kappa shape index (κ3) is 3.33. The highest BCUT2D eigenvalue weighted by Gasteiger charge is 2.40. The van der Waals surface area contributed by atoms with Crippen molar-refractivity contribution in [3.8, 4) is 0 Å². The summed E-state index contributed by atoms with van der Waals surface area (Å²) in [7, 11) is 0. The van der Waals surface area contributed by atoms with Crippen molar-refractivity contribution in [2.45, 2.75) is 19.3 Å². The molecular weight excluding hydrogens is 276 g/mol. The van der Waals surface area contributed by atoms with Gasteiger partial charge in [0.1, 0.15) is 0 Å². The standard InChI is InChI=1S/C18H26N2O2/c1-2-20-14-16(8-9-19-10-12-22-13-11-19)17(18(20)21)15-6-4-3-5-7-15/h3-7,16-17H,2,8-14H2,1H3/t16-,17+/m0/s1. The molecule has 2 aliphatic rings. The molecule has 2 saturated heterocycles. The molecule has 4 nitrogen and oxygen atoms in total. The Morgan fingerprint density at radius 3 is 2.59 bits per heavy atom. The Hall–Kier alpha value is -1.39. The minimum Gasteiger partial charge on any atom is -0.379 e. The first-order valence-electron chi connectivity index (χ1n) is 8.43. The van der Waals surface area contributed by atoms with E-state index in [1.165, 1.54) is 5.56 Å². The zero-order valence-electron chi connectivity index (χ0n) is 13.4. The van der Waals surface area contributed by atoms with Gasteiger partial charge in [-0.15, -0.1) is 0 Å². The molecule has 1 amide bonds. The molecule has 3 rings (SSSR count). The third-order valence-corrected chi connectivity index (χ3v) is 4.96. The van der Waals surface area contributed by atoms with E-state index in [0.29, 0.717) is 11.8 Å². The molecule has 2 atom stereocenters. The van der Waals surface area contributed by atoms with E-state index in [-0.39, 0.29) is 5.92 Å². The Labute approximate surface area is 133 Å². The van der Waals surface area contributed by atoms with Gasteiger partial charge in [0, 0.05) is 26.2 Å². The van der Waals surface area contributed by atoms with Gasteiger partial charge in [0.15, 0.2) is 0 Å². The predicted molar refractivity (Wildman–Crippen MR) is 86.8 cm³/mol. The number of ether oxygens (including phenoxy) is 1. The molecule has 1 aromatic rings. The Kier molecular flexibility index (Phi) is 5.11. The normalized spacial score (nSPS) is 26.6. The molecule has 120 valence electrons. The zero-order chi connectivity index (χ0) is 15.4. The Morgan fingerprint density at radius 1 is 1.18 bits per heavy atom. The first-order chi connectivity index (χ1) is 10.8. The van der Waals surface area contributed by atoms with Crippen molar-refractivity contribution in [2.75, 3.05) is 45.9 Å². The molecule has 2 fully saturated rings. The van der Waals surface area contributed by atoms with Crippen molar-refractivity contribution in [2.24, 2.45) is 5.92 Å². The van der Waals surface area contributed by atoms with Crippen LogP contribution in [0.15, 0.2) is 30.3 Å². The summed E-state index contributed by atoms with van der Waals surface area (Å²) in [5.41, 5.74) is 1.18. The molecule has 0 bridgehead atoms. The maximum Gasteiger partial charge on any atom is 0.230 e. The molecule has 2 aliphatic heterocycles. The lowest BCUT2D eigenvalue weighted by molar-refractivity contribution is -0.128. The summed E-state index contributed by atoms with van der Waals surface area (Å²) in [5, 5.41) is 0. The SMILES string of the molecule is CCN1C[C@H](CCN2CCOCC2)[C@@H](c2ccccc2)C1=O. The Balaban J connectivity index is 1.68. The van der Waals surface area contributed by atoms with E-state index in [1.807, 2.05) is 23.1 Å². The highest BCUT2D eigenvalue weighted by atomic mass is 16.5. The van der Waals surface area contributed by atoms with Crippen LogP contribution in [0, 0.1) is 5.92 Å². The highest BCUT2D eigenvalue weighted by Crippen LogP contribution is 2.35. The minimum atomic E-state index is 0.0437. The first kappa shape index (κ1) is 15.5. The lowest BCUT2D eigenvalue weighted by Crippen LogP contribution is -2.37. The second-order valence-electron chi connectivity index (χ2n) is 6.27. The third-order valence-electron chi connectivity index (χ3n) is 4.96. The van der Waals surface area contributed by atoms with Gasteiger partial charge in [-0.3, -0.25) is 9.69 Å². The summed E-state index contributed by atoms with van der Waals surface area (Å²) in [6, 6.07) is 10.3. The molecule has 0 N–H and O–H groups in total.